The summed E-state index contributed by atoms with van der Waals surface area (Å²) in [5.74, 6) is -0.389. The van der Waals surface area contributed by atoms with Crippen molar-refractivity contribution in [2.75, 3.05) is 0 Å². The van der Waals surface area contributed by atoms with Crippen LogP contribution < -0.4 is 11.5 Å². The highest BCUT2D eigenvalue weighted by Gasteiger charge is 2.12. The Labute approximate surface area is 119 Å². The Morgan fingerprint density at radius 2 is 2.05 bits per heavy atom. The van der Waals surface area contributed by atoms with E-state index in [1.54, 1.807) is 13.0 Å². The van der Waals surface area contributed by atoms with Gasteiger partial charge in [-0.3, -0.25) is 0 Å². The Balaban J connectivity index is 2.40. The van der Waals surface area contributed by atoms with Gasteiger partial charge in [-0.25, -0.2) is 9.37 Å². The molecule has 2 rings (SSSR count). The summed E-state index contributed by atoms with van der Waals surface area (Å²) in [5, 5.41) is 8.28. The van der Waals surface area contributed by atoms with Gasteiger partial charge in [0.2, 0.25) is 5.96 Å². The molecule has 0 spiro atoms. The van der Waals surface area contributed by atoms with E-state index in [0.717, 1.165) is 21.1 Å². The maximum atomic E-state index is 13.2. The van der Waals surface area contributed by atoms with Gasteiger partial charge >= 0.3 is 0 Å². The first-order valence-electron chi connectivity index (χ1n) is 5.84. The average Bonchev–Trinajstić information content (AvgIpc) is 2.78. The van der Waals surface area contributed by atoms with Gasteiger partial charge in [0.05, 0.1) is 16.3 Å². The Morgan fingerprint density at radius 3 is 2.70 bits per heavy atom. The van der Waals surface area contributed by atoms with Crippen LogP contribution in [0.4, 0.5) is 4.39 Å². The SMILES string of the molecule is CC(=NN=C(N)N)c1sc(-c2cccc(F)c2)nc1C. The maximum absolute atomic E-state index is 13.2. The molecule has 0 aliphatic carbocycles. The summed E-state index contributed by atoms with van der Waals surface area (Å²) < 4.78 is 13.2. The fraction of sp³-hybridized carbons (Fsp3) is 0.154. The molecule has 1 heterocycles. The van der Waals surface area contributed by atoms with E-state index in [0.29, 0.717) is 5.71 Å². The zero-order chi connectivity index (χ0) is 14.7. The highest BCUT2D eigenvalue weighted by Crippen LogP contribution is 2.28. The number of aryl methyl sites for hydroxylation is 1. The van der Waals surface area contributed by atoms with Crippen molar-refractivity contribution in [3.05, 3.63) is 40.7 Å². The van der Waals surface area contributed by atoms with Crippen LogP contribution in [0.2, 0.25) is 0 Å². The quantitative estimate of drug-likeness (QED) is 0.516. The van der Waals surface area contributed by atoms with E-state index >= 15 is 0 Å². The van der Waals surface area contributed by atoms with Gasteiger partial charge in [-0.2, -0.15) is 5.10 Å². The first-order chi connectivity index (χ1) is 9.47. The molecule has 0 aliphatic rings. The summed E-state index contributed by atoms with van der Waals surface area (Å²) in [7, 11) is 0. The number of halogens is 1. The third kappa shape index (κ3) is 3.18. The lowest BCUT2D eigenvalue weighted by Crippen LogP contribution is -2.22. The van der Waals surface area contributed by atoms with E-state index in [1.807, 2.05) is 13.0 Å². The summed E-state index contributed by atoms with van der Waals surface area (Å²) in [6, 6.07) is 6.32. The molecule has 0 unspecified atom stereocenters. The van der Waals surface area contributed by atoms with Crippen LogP contribution >= 0.6 is 11.3 Å². The molecule has 2 aromatic rings. The summed E-state index contributed by atoms with van der Waals surface area (Å²) in [6.07, 6.45) is 0. The predicted molar refractivity (Wildman–Crippen MR) is 80.3 cm³/mol. The van der Waals surface area contributed by atoms with Gasteiger partial charge in [-0.15, -0.1) is 16.4 Å². The summed E-state index contributed by atoms with van der Waals surface area (Å²) >= 11 is 1.42. The van der Waals surface area contributed by atoms with Crippen molar-refractivity contribution in [1.82, 2.24) is 4.98 Å². The Hall–Kier alpha value is -2.28. The van der Waals surface area contributed by atoms with Gasteiger partial charge in [0, 0.05) is 5.56 Å². The molecular formula is C13H14FN5S. The maximum Gasteiger partial charge on any atom is 0.211 e. The van der Waals surface area contributed by atoms with Crippen molar-refractivity contribution in [1.29, 1.82) is 0 Å². The Kier molecular flexibility index (Phi) is 4.09. The molecule has 4 N–H and O–H groups in total. The number of guanidine groups is 1. The lowest BCUT2D eigenvalue weighted by atomic mass is 10.2. The number of thiazole rings is 1. The molecular weight excluding hydrogens is 277 g/mol. The van der Waals surface area contributed by atoms with Crippen LogP contribution in [0.1, 0.15) is 17.5 Å². The molecule has 0 saturated carbocycles. The highest BCUT2D eigenvalue weighted by molar-refractivity contribution is 7.17. The zero-order valence-corrected chi connectivity index (χ0v) is 11.9. The van der Waals surface area contributed by atoms with Crippen LogP contribution in [0, 0.1) is 12.7 Å². The monoisotopic (exact) mass is 291 g/mol. The van der Waals surface area contributed by atoms with Crippen molar-refractivity contribution in [3.63, 3.8) is 0 Å². The lowest BCUT2D eigenvalue weighted by Gasteiger charge is -1.95. The fourth-order valence-corrected chi connectivity index (χ4v) is 2.66. The van der Waals surface area contributed by atoms with E-state index in [9.17, 15) is 4.39 Å². The lowest BCUT2D eigenvalue weighted by molar-refractivity contribution is 0.628. The first-order valence-corrected chi connectivity index (χ1v) is 6.66. The molecule has 1 aromatic carbocycles. The second-order valence-corrected chi connectivity index (χ2v) is 5.15. The molecule has 7 heteroatoms. The number of hydrogen-bond acceptors (Lipinski definition) is 4. The predicted octanol–water partition coefficient (Wildman–Crippen LogP) is 2.26. The minimum atomic E-state index is -0.289. The van der Waals surface area contributed by atoms with Crippen molar-refractivity contribution in [3.8, 4) is 10.6 Å². The molecule has 104 valence electrons. The largest absolute Gasteiger partial charge is 0.369 e. The number of nitrogens with zero attached hydrogens (tertiary/aromatic N) is 3. The molecule has 0 atom stereocenters. The molecule has 0 aliphatic heterocycles. The molecule has 0 saturated heterocycles. The summed E-state index contributed by atoms with van der Waals surface area (Å²) in [6.45, 7) is 3.66. The van der Waals surface area contributed by atoms with Gasteiger partial charge in [-0.1, -0.05) is 12.1 Å². The number of nitrogens with two attached hydrogens (primary N) is 2. The standard InChI is InChI=1S/C13H14FN5S/c1-7-11(8(2)18-19-13(15)16)20-12(17-7)9-4-3-5-10(14)6-9/h3-6H,1-2H3,(H4,15,16,19). The fourth-order valence-electron chi connectivity index (χ4n) is 1.66. The number of rotatable bonds is 3. The second-order valence-electron chi connectivity index (χ2n) is 4.15. The molecule has 0 bridgehead atoms. The van der Waals surface area contributed by atoms with Gasteiger partial charge in [0.25, 0.3) is 0 Å². The third-order valence-corrected chi connectivity index (χ3v) is 3.83. The van der Waals surface area contributed by atoms with Crippen LogP contribution in [0.5, 0.6) is 0 Å². The first kappa shape index (κ1) is 14.1. The molecule has 0 amide bonds. The van der Waals surface area contributed by atoms with Gasteiger partial charge in [-0.05, 0) is 26.0 Å². The van der Waals surface area contributed by atoms with Crippen LogP contribution in [-0.2, 0) is 0 Å². The topological polar surface area (TPSA) is 89.6 Å². The van der Waals surface area contributed by atoms with Crippen molar-refractivity contribution in [2.45, 2.75) is 13.8 Å². The van der Waals surface area contributed by atoms with Gasteiger partial charge in [0.1, 0.15) is 10.8 Å². The zero-order valence-electron chi connectivity index (χ0n) is 11.1. The van der Waals surface area contributed by atoms with Crippen LogP contribution in [-0.4, -0.2) is 16.7 Å². The number of hydrogen-bond donors (Lipinski definition) is 2. The van der Waals surface area contributed by atoms with Gasteiger partial charge in [0.15, 0.2) is 0 Å². The normalized spacial score (nSPS) is 11.4. The minimum absolute atomic E-state index is 0.100. The summed E-state index contributed by atoms with van der Waals surface area (Å²) in [4.78, 5) is 5.30. The van der Waals surface area contributed by atoms with Crippen molar-refractivity contribution < 1.29 is 4.39 Å². The van der Waals surface area contributed by atoms with Crippen molar-refractivity contribution in [2.24, 2.45) is 21.7 Å². The van der Waals surface area contributed by atoms with E-state index in [2.05, 4.69) is 15.2 Å². The third-order valence-electron chi connectivity index (χ3n) is 2.51. The van der Waals surface area contributed by atoms with Crippen LogP contribution in [0.25, 0.3) is 10.6 Å². The molecule has 0 fully saturated rings. The minimum Gasteiger partial charge on any atom is -0.369 e. The smallest absolute Gasteiger partial charge is 0.211 e. The highest BCUT2D eigenvalue weighted by atomic mass is 32.1. The van der Waals surface area contributed by atoms with Crippen LogP contribution in [0.15, 0.2) is 34.5 Å². The molecule has 20 heavy (non-hydrogen) atoms. The Bertz CT molecular complexity index is 686. The second kappa shape index (κ2) is 5.79. The number of aromatic nitrogens is 1. The van der Waals surface area contributed by atoms with Crippen LogP contribution in [0.3, 0.4) is 0 Å². The van der Waals surface area contributed by atoms with E-state index in [1.165, 1.54) is 23.5 Å². The number of benzene rings is 1. The Morgan fingerprint density at radius 1 is 1.30 bits per heavy atom. The van der Waals surface area contributed by atoms with E-state index in [4.69, 9.17) is 11.5 Å². The average molecular weight is 291 g/mol. The molecule has 0 radical (unpaired) electrons. The van der Waals surface area contributed by atoms with E-state index in [-0.39, 0.29) is 11.8 Å². The van der Waals surface area contributed by atoms with Gasteiger partial charge < -0.3 is 11.5 Å². The van der Waals surface area contributed by atoms with Crippen molar-refractivity contribution >= 4 is 23.0 Å². The molecule has 1 aromatic heterocycles. The molecule has 5 nitrogen and oxygen atoms in total. The van der Waals surface area contributed by atoms with E-state index < -0.39 is 0 Å². The summed E-state index contributed by atoms with van der Waals surface area (Å²) in [5.41, 5.74) is 12.7.